The molecule has 0 aliphatic rings. The van der Waals surface area contributed by atoms with Crippen LogP contribution in [0.15, 0.2) is 41.5 Å². The molecule has 1 amide bonds. The first-order chi connectivity index (χ1) is 12.4. The van der Waals surface area contributed by atoms with Crippen molar-refractivity contribution >= 4 is 17.3 Å². The summed E-state index contributed by atoms with van der Waals surface area (Å²) in [6, 6.07) is 11.5. The lowest BCUT2D eigenvalue weighted by Crippen LogP contribution is -2.27. The molecule has 2 aromatic rings. The highest BCUT2D eigenvalue weighted by atomic mass is 16.5. The maximum Gasteiger partial charge on any atom is 0.259 e. The van der Waals surface area contributed by atoms with E-state index in [-0.39, 0.29) is 12.5 Å². The van der Waals surface area contributed by atoms with Crippen molar-refractivity contribution in [3.63, 3.8) is 0 Å². The minimum atomic E-state index is -0.225. The fourth-order valence-corrected chi connectivity index (χ4v) is 2.53. The molecule has 2 rings (SSSR count). The molecule has 2 N–H and O–H groups in total. The number of benzene rings is 2. The number of aryl methyl sites for hydroxylation is 2. The molecule has 0 unspecified atom stereocenters. The number of carbonyl (C=O) groups is 1. The molecule has 6 heteroatoms. The molecule has 0 spiro atoms. The summed E-state index contributed by atoms with van der Waals surface area (Å²) < 4.78 is 10.5. The van der Waals surface area contributed by atoms with Gasteiger partial charge >= 0.3 is 0 Å². The van der Waals surface area contributed by atoms with Gasteiger partial charge in [-0.1, -0.05) is 17.7 Å². The highest BCUT2D eigenvalue weighted by molar-refractivity contribution is 6.01. The van der Waals surface area contributed by atoms with Crippen LogP contribution in [0.3, 0.4) is 0 Å². The van der Waals surface area contributed by atoms with E-state index in [1.54, 1.807) is 20.3 Å². The van der Waals surface area contributed by atoms with E-state index in [4.69, 9.17) is 9.47 Å². The summed E-state index contributed by atoms with van der Waals surface area (Å²) >= 11 is 0. The second kappa shape index (κ2) is 8.89. The number of carbonyl (C=O) groups excluding carboxylic acids is 1. The first-order valence-electron chi connectivity index (χ1n) is 8.31. The zero-order valence-electron chi connectivity index (χ0n) is 15.8. The minimum absolute atomic E-state index is 0.139. The topological polar surface area (TPSA) is 72.0 Å². The van der Waals surface area contributed by atoms with Crippen LogP contribution in [0.2, 0.25) is 0 Å². The van der Waals surface area contributed by atoms with E-state index in [0.29, 0.717) is 17.2 Å². The number of amides is 1. The van der Waals surface area contributed by atoms with Gasteiger partial charge in [0.25, 0.3) is 5.91 Å². The molecule has 0 saturated heterocycles. The number of hydrogen-bond acceptors (Lipinski definition) is 5. The summed E-state index contributed by atoms with van der Waals surface area (Å²) in [5.41, 5.74) is 7.21. The first kappa shape index (κ1) is 19.3. The number of hydrogen-bond donors (Lipinski definition) is 2. The van der Waals surface area contributed by atoms with E-state index in [1.165, 1.54) is 5.56 Å². The molecule has 0 bridgehead atoms. The van der Waals surface area contributed by atoms with E-state index < -0.39 is 0 Å². The lowest BCUT2D eigenvalue weighted by molar-refractivity contribution is -0.119. The lowest BCUT2D eigenvalue weighted by atomic mass is 10.1. The fraction of sp³-hybridized carbons (Fsp3) is 0.300. The van der Waals surface area contributed by atoms with Crippen LogP contribution in [-0.2, 0) is 4.79 Å². The predicted molar refractivity (Wildman–Crippen MR) is 104 cm³/mol. The van der Waals surface area contributed by atoms with Crippen LogP contribution >= 0.6 is 0 Å². The smallest absolute Gasteiger partial charge is 0.259 e. The SMILES string of the molecule is COc1ccc(C(C)=NNC(=O)CNc2ccc(C)cc2C)c(OC)c1. The van der Waals surface area contributed by atoms with E-state index >= 15 is 0 Å². The Bertz CT molecular complexity index is 816. The van der Waals surface area contributed by atoms with Crippen molar-refractivity contribution in [1.29, 1.82) is 0 Å². The molecular formula is C20H25N3O3. The Kier molecular flexibility index (Phi) is 6.60. The first-order valence-corrected chi connectivity index (χ1v) is 8.31. The zero-order chi connectivity index (χ0) is 19.1. The van der Waals surface area contributed by atoms with Crippen molar-refractivity contribution < 1.29 is 14.3 Å². The normalized spacial score (nSPS) is 11.0. The second-order valence-electron chi connectivity index (χ2n) is 5.97. The summed E-state index contributed by atoms with van der Waals surface area (Å²) in [5.74, 6) is 1.10. The summed E-state index contributed by atoms with van der Waals surface area (Å²) in [7, 11) is 3.18. The van der Waals surface area contributed by atoms with Crippen LogP contribution in [-0.4, -0.2) is 32.4 Å². The van der Waals surface area contributed by atoms with Crippen molar-refractivity contribution in [1.82, 2.24) is 5.43 Å². The maximum atomic E-state index is 12.1. The standard InChI is InChI=1S/C20H25N3O3/c1-13-6-9-18(14(2)10-13)21-12-20(24)23-22-15(3)17-8-7-16(25-4)11-19(17)26-5/h6-11,21H,12H2,1-5H3,(H,23,24). The molecule has 0 heterocycles. The van der Waals surface area contributed by atoms with Gasteiger partial charge in [0.2, 0.25) is 0 Å². The molecule has 0 aliphatic carbocycles. The molecular weight excluding hydrogens is 330 g/mol. The molecule has 2 aromatic carbocycles. The molecule has 138 valence electrons. The highest BCUT2D eigenvalue weighted by Gasteiger charge is 2.09. The van der Waals surface area contributed by atoms with Crippen molar-refractivity contribution in [2.24, 2.45) is 5.10 Å². The summed E-state index contributed by atoms with van der Waals surface area (Å²) in [4.78, 5) is 12.1. The van der Waals surface area contributed by atoms with E-state index in [1.807, 2.05) is 45.0 Å². The van der Waals surface area contributed by atoms with E-state index in [9.17, 15) is 4.79 Å². The number of methoxy groups -OCH3 is 2. The summed E-state index contributed by atoms with van der Waals surface area (Å²) in [6.07, 6.45) is 0. The van der Waals surface area contributed by atoms with Crippen LogP contribution < -0.4 is 20.2 Å². The Morgan fingerprint density at radius 3 is 2.50 bits per heavy atom. The monoisotopic (exact) mass is 355 g/mol. The van der Waals surface area contributed by atoms with E-state index in [0.717, 1.165) is 16.8 Å². The van der Waals surface area contributed by atoms with Crippen LogP contribution in [0.4, 0.5) is 5.69 Å². The minimum Gasteiger partial charge on any atom is -0.497 e. The Hall–Kier alpha value is -3.02. The quantitative estimate of drug-likeness (QED) is 0.591. The Balaban J connectivity index is 1.98. The Labute approximate surface area is 154 Å². The third-order valence-corrected chi connectivity index (χ3v) is 3.97. The molecule has 0 radical (unpaired) electrons. The average molecular weight is 355 g/mol. The van der Waals surface area contributed by atoms with Gasteiger partial charge in [0, 0.05) is 17.3 Å². The number of nitrogens with zero attached hydrogens (tertiary/aromatic N) is 1. The van der Waals surface area contributed by atoms with Gasteiger partial charge in [0.05, 0.1) is 26.5 Å². The predicted octanol–water partition coefficient (Wildman–Crippen LogP) is 3.27. The Morgan fingerprint density at radius 1 is 1.08 bits per heavy atom. The van der Waals surface area contributed by atoms with Crippen molar-refractivity contribution in [2.45, 2.75) is 20.8 Å². The van der Waals surface area contributed by atoms with Gasteiger partial charge in [0.15, 0.2) is 0 Å². The molecule has 0 saturated carbocycles. The molecule has 0 fully saturated rings. The van der Waals surface area contributed by atoms with Crippen LogP contribution in [0.5, 0.6) is 11.5 Å². The van der Waals surface area contributed by atoms with Crippen molar-refractivity contribution in [3.8, 4) is 11.5 Å². The number of rotatable bonds is 7. The fourth-order valence-electron chi connectivity index (χ4n) is 2.53. The van der Waals surface area contributed by atoms with Gasteiger partial charge < -0.3 is 14.8 Å². The van der Waals surface area contributed by atoms with Gasteiger partial charge in [-0.3, -0.25) is 4.79 Å². The second-order valence-corrected chi connectivity index (χ2v) is 5.97. The van der Waals surface area contributed by atoms with Gasteiger partial charge in [0.1, 0.15) is 11.5 Å². The summed E-state index contributed by atoms with van der Waals surface area (Å²) in [5, 5.41) is 7.28. The molecule has 0 aliphatic heterocycles. The van der Waals surface area contributed by atoms with Crippen LogP contribution in [0.1, 0.15) is 23.6 Å². The summed E-state index contributed by atoms with van der Waals surface area (Å²) in [6.45, 7) is 5.99. The van der Waals surface area contributed by atoms with Crippen molar-refractivity contribution in [2.75, 3.05) is 26.1 Å². The maximum absolute atomic E-state index is 12.1. The molecule has 26 heavy (non-hydrogen) atoms. The number of ether oxygens (including phenoxy) is 2. The van der Waals surface area contributed by atoms with Gasteiger partial charge in [-0.25, -0.2) is 5.43 Å². The largest absolute Gasteiger partial charge is 0.497 e. The number of anilines is 1. The molecule has 0 aromatic heterocycles. The van der Waals surface area contributed by atoms with Crippen LogP contribution in [0, 0.1) is 13.8 Å². The molecule has 0 atom stereocenters. The average Bonchev–Trinajstić information content (AvgIpc) is 2.64. The Morgan fingerprint density at radius 2 is 1.85 bits per heavy atom. The van der Waals surface area contributed by atoms with Crippen LogP contribution in [0.25, 0.3) is 0 Å². The van der Waals surface area contributed by atoms with E-state index in [2.05, 4.69) is 21.9 Å². The van der Waals surface area contributed by atoms with Gasteiger partial charge in [-0.05, 0) is 44.5 Å². The highest BCUT2D eigenvalue weighted by Crippen LogP contribution is 2.25. The van der Waals surface area contributed by atoms with Crippen molar-refractivity contribution in [3.05, 3.63) is 53.1 Å². The number of nitrogens with one attached hydrogen (secondary N) is 2. The van der Waals surface area contributed by atoms with Gasteiger partial charge in [-0.2, -0.15) is 5.10 Å². The lowest BCUT2D eigenvalue weighted by Gasteiger charge is -2.11. The molecule has 6 nitrogen and oxygen atoms in total. The van der Waals surface area contributed by atoms with Gasteiger partial charge in [-0.15, -0.1) is 0 Å². The third kappa shape index (κ3) is 4.99. The zero-order valence-corrected chi connectivity index (χ0v) is 15.8. The number of hydrazone groups is 1. The third-order valence-electron chi connectivity index (χ3n) is 3.97.